The highest BCUT2D eigenvalue weighted by Gasteiger charge is 2.19. The number of ether oxygens (including phenoxy) is 1. The summed E-state index contributed by atoms with van der Waals surface area (Å²) in [6.45, 7) is 3.13. The van der Waals surface area contributed by atoms with Gasteiger partial charge in [0.2, 0.25) is 10.0 Å². The summed E-state index contributed by atoms with van der Waals surface area (Å²) in [7, 11) is -2.26. The number of anilines is 1. The van der Waals surface area contributed by atoms with E-state index in [4.69, 9.17) is 4.74 Å². The fourth-order valence-corrected chi connectivity index (χ4v) is 3.89. The average molecular weight is 404 g/mol. The number of aromatic nitrogens is 4. The molecule has 0 aliphatic rings. The fraction of sp³-hybridized carbons (Fsp3) is 0.389. The topological polar surface area (TPSA) is 111 Å². The smallest absolute Gasteiger partial charge is 0.244 e. The molecule has 0 fully saturated rings. The first-order valence-electron chi connectivity index (χ1n) is 9.13. The number of nitrogens with one attached hydrogen (secondary N) is 2. The molecule has 0 atom stereocenters. The van der Waals surface area contributed by atoms with Gasteiger partial charge < -0.3 is 10.1 Å². The zero-order valence-electron chi connectivity index (χ0n) is 15.9. The maximum atomic E-state index is 12.5. The van der Waals surface area contributed by atoms with Gasteiger partial charge >= 0.3 is 0 Å². The van der Waals surface area contributed by atoms with Gasteiger partial charge in [-0.15, -0.1) is 15.3 Å². The second kappa shape index (κ2) is 8.98. The summed E-state index contributed by atoms with van der Waals surface area (Å²) in [6, 6.07) is 10.2. The third-order valence-electron chi connectivity index (χ3n) is 4.16. The Kier molecular flexibility index (Phi) is 6.42. The van der Waals surface area contributed by atoms with Crippen LogP contribution in [0.15, 0.2) is 41.3 Å². The Bertz CT molecular complexity index is 1030. The summed E-state index contributed by atoms with van der Waals surface area (Å²) in [6.07, 6.45) is 2.50. The van der Waals surface area contributed by atoms with Gasteiger partial charge in [-0.2, -0.15) is 4.52 Å². The average Bonchev–Trinajstić information content (AvgIpc) is 3.10. The van der Waals surface area contributed by atoms with E-state index in [2.05, 4.69) is 32.3 Å². The van der Waals surface area contributed by atoms with E-state index in [1.54, 1.807) is 22.7 Å². The lowest BCUT2D eigenvalue weighted by atomic mass is 10.3. The quantitative estimate of drug-likeness (QED) is 0.496. The Morgan fingerprint density at radius 1 is 1.11 bits per heavy atom. The molecule has 9 nitrogen and oxygen atoms in total. The standard InChI is InChI=1S/C18H24N6O3S/c1-3-4-12-19-16-9-10-17-21-22-18(24(17)23-16)11-13-20-28(25,26)15-8-6-5-7-14(15)27-2/h5-10,20H,3-4,11-13H2,1-2H3,(H,19,23). The molecule has 28 heavy (non-hydrogen) atoms. The number of hydrogen-bond acceptors (Lipinski definition) is 7. The molecule has 0 unspecified atom stereocenters. The van der Waals surface area contributed by atoms with Gasteiger partial charge in [0.15, 0.2) is 11.5 Å². The Labute approximate surface area is 164 Å². The predicted octanol–water partition coefficient (Wildman–Crippen LogP) is 1.87. The minimum Gasteiger partial charge on any atom is -0.495 e. The summed E-state index contributed by atoms with van der Waals surface area (Å²) >= 11 is 0. The van der Waals surface area contributed by atoms with Crippen LogP contribution in [0.25, 0.3) is 5.65 Å². The molecule has 3 aromatic rings. The van der Waals surface area contributed by atoms with Crippen molar-refractivity contribution in [1.82, 2.24) is 24.5 Å². The summed E-state index contributed by atoms with van der Waals surface area (Å²) in [5.74, 6) is 1.61. The lowest BCUT2D eigenvalue weighted by Gasteiger charge is -2.10. The van der Waals surface area contributed by atoms with Crippen molar-refractivity contribution in [2.75, 3.05) is 25.5 Å². The van der Waals surface area contributed by atoms with Crippen molar-refractivity contribution in [2.24, 2.45) is 0 Å². The van der Waals surface area contributed by atoms with Gasteiger partial charge in [-0.1, -0.05) is 25.5 Å². The van der Waals surface area contributed by atoms with Crippen molar-refractivity contribution in [3.8, 4) is 5.75 Å². The molecular weight excluding hydrogens is 380 g/mol. The van der Waals surface area contributed by atoms with Crippen molar-refractivity contribution in [2.45, 2.75) is 31.1 Å². The van der Waals surface area contributed by atoms with E-state index in [-0.39, 0.29) is 11.4 Å². The van der Waals surface area contributed by atoms with Gasteiger partial charge in [0.25, 0.3) is 0 Å². The second-order valence-electron chi connectivity index (χ2n) is 6.18. The van der Waals surface area contributed by atoms with Gasteiger partial charge in [-0.3, -0.25) is 0 Å². The fourth-order valence-electron chi connectivity index (χ4n) is 2.69. The van der Waals surface area contributed by atoms with Crippen LogP contribution in [-0.4, -0.2) is 48.4 Å². The molecule has 0 aliphatic heterocycles. The first-order chi connectivity index (χ1) is 13.5. The van der Waals surface area contributed by atoms with Crippen LogP contribution in [0.5, 0.6) is 5.75 Å². The summed E-state index contributed by atoms with van der Waals surface area (Å²) in [5.41, 5.74) is 0.614. The molecule has 0 bridgehead atoms. The maximum absolute atomic E-state index is 12.5. The number of sulfonamides is 1. The highest BCUT2D eigenvalue weighted by atomic mass is 32.2. The third kappa shape index (κ3) is 4.57. The largest absolute Gasteiger partial charge is 0.495 e. The molecule has 10 heteroatoms. The van der Waals surface area contributed by atoms with Crippen LogP contribution in [-0.2, 0) is 16.4 Å². The third-order valence-corrected chi connectivity index (χ3v) is 5.66. The van der Waals surface area contributed by atoms with Crippen LogP contribution >= 0.6 is 0 Å². The van der Waals surface area contributed by atoms with E-state index in [1.165, 1.54) is 13.2 Å². The molecule has 3 rings (SSSR count). The number of benzene rings is 1. The SMILES string of the molecule is CCCCNc1ccc2nnc(CCNS(=O)(=O)c3ccccc3OC)n2n1. The van der Waals surface area contributed by atoms with Crippen molar-refractivity contribution in [3.63, 3.8) is 0 Å². The number of methoxy groups -OCH3 is 1. The number of rotatable bonds is 10. The Morgan fingerprint density at radius 2 is 1.93 bits per heavy atom. The molecule has 0 amide bonds. The zero-order chi connectivity index (χ0) is 20.0. The Balaban J connectivity index is 1.68. The van der Waals surface area contributed by atoms with Gasteiger partial charge in [0.05, 0.1) is 7.11 Å². The molecule has 1 aromatic carbocycles. The van der Waals surface area contributed by atoms with Gasteiger partial charge in [0.1, 0.15) is 16.5 Å². The highest BCUT2D eigenvalue weighted by molar-refractivity contribution is 7.89. The summed E-state index contributed by atoms with van der Waals surface area (Å²) in [4.78, 5) is 0.101. The van der Waals surface area contributed by atoms with E-state index >= 15 is 0 Å². The van der Waals surface area contributed by atoms with Crippen molar-refractivity contribution < 1.29 is 13.2 Å². The lowest BCUT2D eigenvalue weighted by Crippen LogP contribution is -2.27. The molecular formula is C18H24N6O3S. The van der Waals surface area contributed by atoms with E-state index < -0.39 is 10.0 Å². The van der Waals surface area contributed by atoms with E-state index in [0.717, 1.165) is 25.2 Å². The summed E-state index contributed by atoms with van der Waals surface area (Å²) < 4.78 is 34.4. The Hall–Kier alpha value is -2.72. The molecule has 0 aliphatic carbocycles. The normalized spacial score (nSPS) is 11.6. The molecule has 2 aromatic heterocycles. The van der Waals surface area contributed by atoms with Crippen LogP contribution in [0.4, 0.5) is 5.82 Å². The molecule has 150 valence electrons. The van der Waals surface area contributed by atoms with Crippen LogP contribution in [0.1, 0.15) is 25.6 Å². The summed E-state index contributed by atoms with van der Waals surface area (Å²) in [5, 5.41) is 16.0. The number of hydrogen-bond donors (Lipinski definition) is 2. The zero-order valence-corrected chi connectivity index (χ0v) is 16.7. The van der Waals surface area contributed by atoms with Gasteiger partial charge in [-0.25, -0.2) is 13.1 Å². The monoisotopic (exact) mass is 404 g/mol. The second-order valence-corrected chi connectivity index (χ2v) is 7.92. The molecule has 2 N–H and O–H groups in total. The number of unbranched alkanes of at least 4 members (excludes halogenated alkanes) is 1. The van der Waals surface area contributed by atoms with Crippen molar-refractivity contribution in [3.05, 3.63) is 42.2 Å². The molecule has 0 saturated heterocycles. The highest BCUT2D eigenvalue weighted by Crippen LogP contribution is 2.22. The van der Waals surface area contributed by atoms with E-state index in [1.807, 2.05) is 12.1 Å². The van der Waals surface area contributed by atoms with Gasteiger partial charge in [-0.05, 0) is 30.7 Å². The molecule has 0 spiro atoms. The Morgan fingerprint density at radius 3 is 2.71 bits per heavy atom. The maximum Gasteiger partial charge on any atom is 0.244 e. The number of para-hydroxylation sites is 1. The first-order valence-corrected chi connectivity index (χ1v) is 10.6. The van der Waals surface area contributed by atoms with Crippen molar-refractivity contribution in [1.29, 1.82) is 0 Å². The first kappa shape index (κ1) is 20.0. The van der Waals surface area contributed by atoms with Gasteiger partial charge in [0, 0.05) is 19.5 Å². The molecule has 0 radical (unpaired) electrons. The molecule has 2 heterocycles. The van der Waals surface area contributed by atoms with Crippen LogP contribution in [0.2, 0.25) is 0 Å². The minimum absolute atomic E-state index is 0.101. The van der Waals surface area contributed by atoms with Crippen LogP contribution in [0.3, 0.4) is 0 Å². The van der Waals surface area contributed by atoms with Crippen LogP contribution in [0, 0.1) is 0 Å². The van der Waals surface area contributed by atoms with E-state index in [0.29, 0.717) is 23.6 Å². The number of nitrogens with zero attached hydrogens (tertiary/aromatic N) is 4. The minimum atomic E-state index is -3.70. The van der Waals surface area contributed by atoms with Crippen molar-refractivity contribution >= 4 is 21.5 Å². The predicted molar refractivity (Wildman–Crippen MR) is 106 cm³/mol. The van der Waals surface area contributed by atoms with E-state index in [9.17, 15) is 8.42 Å². The van der Waals surface area contributed by atoms with Crippen LogP contribution < -0.4 is 14.8 Å². The molecule has 0 saturated carbocycles. The number of fused-ring (bicyclic) bond motifs is 1. The lowest BCUT2D eigenvalue weighted by molar-refractivity contribution is 0.402.